The first-order chi connectivity index (χ1) is 14.6. The van der Waals surface area contributed by atoms with Gasteiger partial charge in [-0.05, 0) is 55.3 Å². The highest BCUT2D eigenvalue weighted by Gasteiger charge is 2.12. The van der Waals surface area contributed by atoms with Gasteiger partial charge < -0.3 is 0 Å². The summed E-state index contributed by atoms with van der Waals surface area (Å²) in [6, 6.07) is 31.7. The molecular formula is C29H22O. The van der Waals surface area contributed by atoms with Crippen molar-refractivity contribution < 1.29 is 4.79 Å². The van der Waals surface area contributed by atoms with Crippen LogP contribution in [0.3, 0.4) is 0 Å². The van der Waals surface area contributed by atoms with Crippen molar-refractivity contribution >= 4 is 5.78 Å². The number of rotatable bonds is 3. The predicted molar refractivity (Wildman–Crippen MR) is 124 cm³/mol. The molecule has 4 aromatic carbocycles. The number of hydrogen-bond donors (Lipinski definition) is 0. The SMILES string of the molecule is Cc1ccc(C#Cc2ccc(C(=O)c3ccccc3)cc2-c2ccc(C)cc2)cc1. The van der Waals surface area contributed by atoms with Crippen LogP contribution in [-0.2, 0) is 0 Å². The standard InChI is InChI=1S/C29H22O/c1-21-8-12-23(13-9-21)14-17-25-18-19-27(29(30)26-6-4-3-5-7-26)20-28(25)24-15-10-22(2)11-16-24/h3-13,15-16,18-20H,1-2H3. The summed E-state index contributed by atoms with van der Waals surface area (Å²) < 4.78 is 0. The van der Waals surface area contributed by atoms with Crippen molar-refractivity contribution in [2.75, 3.05) is 0 Å². The first-order valence-corrected chi connectivity index (χ1v) is 10.00. The molecular weight excluding hydrogens is 364 g/mol. The number of hydrogen-bond acceptors (Lipinski definition) is 1. The maximum absolute atomic E-state index is 13.0. The maximum atomic E-state index is 13.0. The van der Waals surface area contributed by atoms with Gasteiger partial charge in [-0.2, -0.15) is 0 Å². The molecule has 0 spiro atoms. The van der Waals surface area contributed by atoms with E-state index in [1.807, 2.05) is 60.7 Å². The number of aryl methyl sites for hydroxylation is 2. The minimum Gasteiger partial charge on any atom is -0.289 e. The minimum atomic E-state index is 0.0157. The minimum absolute atomic E-state index is 0.0157. The second kappa shape index (κ2) is 8.64. The monoisotopic (exact) mass is 386 g/mol. The molecule has 4 rings (SSSR count). The molecule has 0 aliphatic heterocycles. The van der Waals surface area contributed by atoms with Crippen LogP contribution in [0.5, 0.6) is 0 Å². The molecule has 0 atom stereocenters. The molecule has 1 heteroatoms. The Morgan fingerprint density at radius 1 is 0.633 bits per heavy atom. The Bertz CT molecular complexity index is 1240. The summed E-state index contributed by atoms with van der Waals surface area (Å²) in [6.07, 6.45) is 0. The Balaban J connectivity index is 1.79. The van der Waals surface area contributed by atoms with Crippen LogP contribution in [0, 0.1) is 25.7 Å². The fourth-order valence-corrected chi connectivity index (χ4v) is 3.30. The van der Waals surface area contributed by atoms with Gasteiger partial charge in [0.25, 0.3) is 0 Å². The van der Waals surface area contributed by atoms with Gasteiger partial charge in [-0.1, -0.05) is 89.7 Å². The van der Waals surface area contributed by atoms with Crippen LogP contribution in [0.4, 0.5) is 0 Å². The van der Waals surface area contributed by atoms with Gasteiger partial charge in [0, 0.05) is 22.3 Å². The highest BCUT2D eigenvalue weighted by Crippen LogP contribution is 2.26. The molecule has 0 N–H and O–H groups in total. The van der Waals surface area contributed by atoms with E-state index in [1.54, 1.807) is 0 Å². The lowest BCUT2D eigenvalue weighted by Gasteiger charge is -2.09. The Labute approximate surface area is 178 Å². The molecule has 0 aliphatic carbocycles. The predicted octanol–water partition coefficient (Wildman–Crippen LogP) is 6.60. The van der Waals surface area contributed by atoms with Crippen LogP contribution < -0.4 is 0 Å². The van der Waals surface area contributed by atoms with Crippen molar-refractivity contribution in [2.45, 2.75) is 13.8 Å². The Morgan fingerprint density at radius 3 is 1.93 bits per heavy atom. The fourth-order valence-electron chi connectivity index (χ4n) is 3.30. The second-order valence-electron chi connectivity index (χ2n) is 7.44. The molecule has 1 nitrogen and oxygen atoms in total. The van der Waals surface area contributed by atoms with E-state index >= 15 is 0 Å². The van der Waals surface area contributed by atoms with Gasteiger partial charge in [0.2, 0.25) is 0 Å². The molecule has 0 bridgehead atoms. The Hall–Kier alpha value is -3.89. The zero-order chi connectivity index (χ0) is 20.9. The lowest BCUT2D eigenvalue weighted by atomic mass is 9.93. The lowest BCUT2D eigenvalue weighted by molar-refractivity contribution is 0.103. The van der Waals surface area contributed by atoms with Gasteiger partial charge in [0.05, 0.1) is 0 Å². The molecule has 0 radical (unpaired) electrons. The van der Waals surface area contributed by atoms with Crippen molar-refractivity contribution in [3.8, 4) is 23.0 Å². The molecule has 0 unspecified atom stereocenters. The van der Waals surface area contributed by atoms with E-state index in [-0.39, 0.29) is 5.78 Å². The summed E-state index contributed by atoms with van der Waals surface area (Å²) >= 11 is 0. The van der Waals surface area contributed by atoms with Crippen LogP contribution in [-0.4, -0.2) is 5.78 Å². The zero-order valence-electron chi connectivity index (χ0n) is 17.1. The van der Waals surface area contributed by atoms with Gasteiger partial charge in [0.1, 0.15) is 0 Å². The average Bonchev–Trinajstić information content (AvgIpc) is 2.79. The zero-order valence-corrected chi connectivity index (χ0v) is 17.1. The van der Waals surface area contributed by atoms with Crippen LogP contribution in [0.25, 0.3) is 11.1 Å². The number of benzene rings is 4. The molecule has 0 saturated heterocycles. The van der Waals surface area contributed by atoms with Gasteiger partial charge in [-0.25, -0.2) is 0 Å². The number of carbonyl (C=O) groups is 1. The van der Waals surface area contributed by atoms with E-state index in [4.69, 9.17) is 0 Å². The molecule has 30 heavy (non-hydrogen) atoms. The molecule has 0 heterocycles. The van der Waals surface area contributed by atoms with E-state index in [1.165, 1.54) is 11.1 Å². The third kappa shape index (κ3) is 4.40. The third-order valence-electron chi connectivity index (χ3n) is 5.07. The fraction of sp³-hybridized carbons (Fsp3) is 0.0690. The van der Waals surface area contributed by atoms with Crippen molar-refractivity contribution in [3.05, 3.63) is 130 Å². The van der Waals surface area contributed by atoms with Gasteiger partial charge >= 0.3 is 0 Å². The molecule has 0 aromatic heterocycles. The van der Waals surface area contributed by atoms with Crippen molar-refractivity contribution in [1.82, 2.24) is 0 Å². The highest BCUT2D eigenvalue weighted by molar-refractivity contribution is 6.09. The first-order valence-electron chi connectivity index (χ1n) is 10.00. The molecule has 144 valence electrons. The summed E-state index contributed by atoms with van der Waals surface area (Å²) in [5.74, 6) is 6.58. The van der Waals surface area contributed by atoms with Gasteiger partial charge in [-0.3, -0.25) is 4.79 Å². The smallest absolute Gasteiger partial charge is 0.193 e. The molecule has 0 amide bonds. The molecule has 0 fully saturated rings. The van der Waals surface area contributed by atoms with E-state index in [2.05, 4.69) is 62.1 Å². The first kappa shape index (κ1) is 19.4. The summed E-state index contributed by atoms with van der Waals surface area (Å²) in [5, 5.41) is 0. The van der Waals surface area contributed by atoms with E-state index in [0.717, 1.165) is 22.3 Å². The second-order valence-corrected chi connectivity index (χ2v) is 7.44. The van der Waals surface area contributed by atoms with Gasteiger partial charge in [0.15, 0.2) is 5.78 Å². The highest BCUT2D eigenvalue weighted by atomic mass is 16.1. The van der Waals surface area contributed by atoms with Crippen LogP contribution in [0.1, 0.15) is 38.2 Å². The van der Waals surface area contributed by atoms with Gasteiger partial charge in [-0.15, -0.1) is 0 Å². The van der Waals surface area contributed by atoms with Crippen molar-refractivity contribution in [1.29, 1.82) is 0 Å². The van der Waals surface area contributed by atoms with E-state index in [0.29, 0.717) is 11.1 Å². The number of carbonyl (C=O) groups excluding carboxylic acids is 1. The van der Waals surface area contributed by atoms with Crippen LogP contribution in [0.15, 0.2) is 97.1 Å². The third-order valence-corrected chi connectivity index (χ3v) is 5.07. The Kier molecular flexibility index (Phi) is 5.59. The summed E-state index contributed by atoms with van der Waals surface area (Å²) in [4.78, 5) is 13.0. The maximum Gasteiger partial charge on any atom is 0.193 e. The molecule has 0 aliphatic rings. The van der Waals surface area contributed by atoms with E-state index in [9.17, 15) is 4.79 Å². The largest absolute Gasteiger partial charge is 0.289 e. The summed E-state index contributed by atoms with van der Waals surface area (Å²) in [7, 11) is 0. The summed E-state index contributed by atoms with van der Waals surface area (Å²) in [6.45, 7) is 4.13. The normalized spacial score (nSPS) is 10.2. The van der Waals surface area contributed by atoms with Crippen LogP contribution in [0.2, 0.25) is 0 Å². The number of ketones is 1. The molecule has 4 aromatic rings. The molecule has 0 saturated carbocycles. The van der Waals surface area contributed by atoms with Crippen LogP contribution >= 0.6 is 0 Å². The lowest BCUT2D eigenvalue weighted by Crippen LogP contribution is -2.02. The average molecular weight is 386 g/mol. The van der Waals surface area contributed by atoms with E-state index < -0.39 is 0 Å². The van der Waals surface area contributed by atoms with Crippen molar-refractivity contribution in [2.24, 2.45) is 0 Å². The quantitative estimate of drug-likeness (QED) is 0.286. The summed E-state index contributed by atoms with van der Waals surface area (Å²) in [5.41, 5.74) is 7.66. The topological polar surface area (TPSA) is 17.1 Å². The Morgan fingerprint density at radius 2 is 1.27 bits per heavy atom. The van der Waals surface area contributed by atoms with Crippen molar-refractivity contribution in [3.63, 3.8) is 0 Å².